The fraction of sp³-hybridized carbons (Fsp3) is 0.250. The molecule has 0 unspecified atom stereocenters. The maximum Gasteiger partial charge on any atom is 0.119 e. The van der Waals surface area contributed by atoms with Gasteiger partial charge in [-0.15, -0.1) is 0 Å². The average molecular weight is 351 g/mol. The van der Waals surface area contributed by atoms with Crippen LogP contribution in [0.4, 0.5) is 5.69 Å². The first kappa shape index (κ1) is 17.2. The van der Waals surface area contributed by atoms with E-state index in [1.165, 1.54) is 0 Å². The van der Waals surface area contributed by atoms with Crippen molar-refractivity contribution >= 4 is 28.5 Å². The highest BCUT2D eigenvalue weighted by Gasteiger charge is 2.18. The first-order valence-corrected chi connectivity index (χ1v) is 9.45. The second-order valence-corrected chi connectivity index (χ2v) is 6.37. The summed E-state index contributed by atoms with van der Waals surface area (Å²) in [6, 6.07) is 16.6. The molecule has 1 heterocycles. The van der Waals surface area contributed by atoms with Crippen LogP contribution in [0.15, 0.2) is 42.5 Å². The van der Waals surface area contributed by atoms with E-state index in [0.29, 0.717) is 5.56 Å². The Morgan fingerprint density at radius 3 is 2.56 bits per heavy atom. The summed E-state index contributed by atoms with van der Waals surface area (Å²) in [5, 5.41) is 10.8. The van der Waals surface area contributed by atoms with Crippen LogP contribution in [0.2, 0.25) is 0 Å². The summed E-state index contributed by atoms with van der Waals surface area (Å²) in [5.41, 5.74) is 4.85. The summed E-state index contributed by atoms with van der Waals surface area (Å²) in [4.78, 5) is 0. The molecular formula is C20H21N3OS. The van der Waals surface area contributed by atoms with Crippen molar-refractivity contribution in [3.05, 3.63) is 48.0 Å². The molecule has 0 fully saturated rings. The third-order valence-corrected chi connectivity index (χ3v) is 4.65. The van der Waals surface area contributed by atoms with Crippen molar-refractivity contribution in [3.63, 3.8) is 0 Å². The second kappa shape index (κ2) is 7.54. The minimum atomic E-state index is 0.702. The fourth-order valence-electron chi connectivity index (χ4n) is 3.14. The molecule has 5 heteroatoms. The Hall–Kier alpha value is -2.58. The molecule has 25 heavy (non-hydrogen) atoms. The minimum Gasteiger partial charge on any atom is -0.497 e. The topological polar surface area (TPSA) is 50.0 Å². The van der Waals surface area contributed by atoms with Crippen molar-refractivity contribution in [2.24, 2.45) is 0 Å². The van der Waals surface area contributed by atoms with E-state index in [1.54, 1.807) is 19.1 Å². The number of hydrogen-bond donors (Lipinski definition) is 1. The molecule has 1 N–H and O–H groups in total. The van der Waals surface area contributed by atoms with Gasteiger partial charge in [0.25, 0.3) is 0 Å². The lowest BCUT2D eigenvalue weighted by atomic mass is 10.1. The first-order chi connectivity index (χ1) is 12.2. The van der Waals surface area contributed by atoms with Crippen molar-refractivity contribution < 1.29 is 4.74 Å². The monoisotopic (exact) mass is 351 g/mol. The Balaban J connectivity index is 2.24. The lowest BCUT2D eigenvalue weighted by Gasteiger charge is -2.11. The van der Waals surface area contributed by atoms with Crippen LogP contribution in [0, 0.1) is 11.3 Å². The number of methoxy groups -OCH3 is 1. The standard InChI is InChI=1S/C20H21N3OS/c1-4-11-23-19-10-9-16(24-2)12-17(19)18(13-21)20(23)14-5-7-15(8-6-14)22-25-3/h5-10,12,22H,4,11H2,1-3H3. The number of benzene rings is 2. The van der Waals surface area contributed by atoms with Crippen LogP contribution in [0.3, 0.4) is 0 Å². The molecule has 1 aromatic heterocycles. The summed E-state index contributed by atoms with van der Waals surface area (Å²) >= 11 is 1.56. The molecule has 0 aliphatic carbocycles. The van der Waals surface area contributed by atoms with Gasteiger partial charge in [0.1, 0.15) is 11.8 Å². The summed E-state index contributed by atoms with van der Waals surface area (Å²) in [7, 11) is 1.65. The normalized spacial score (nSPS) is 10.6. The lowest BCUT2D eigenvalue weighted by Crippen LogP contribution is -2.00. The summed E-state index contributed by atoms with van der Waals surface area (Å²) in [6.45, 7) is 3.02. The third-order valence-electron chi connectivity index (χ3n) is 4.21. The zero-order chi connectivity index (χ0) is 17.8. The summed E-state index contributed by atoms with van der Waals surface area (Å²) < 4.78 is 10.8. The van der Waals surface area contributed by atoms with E-state index in [9.17, 15) is 5.26 Å². The number of aromatic nitrogens is 1. The van der Waals surface area contributed by atoms with Gasteiger partial charge in [-0.1, -0.05) is 31.0 Å². The number of hydrogen-bond acceptors (Lipinski definition) is 4. The molecule has 0 spiro atoms. The molecule has 3 aromatic rings. The minimum absolute atomic E-state index is 0.702. The van der Waals surface area contributed by atoms with Crippen LogP contribution in [-0.2, 0) is 6.54 Å². The molecular weight excluding hydrogens is 330 g/mol. The van der Waals surface area contributed by atoms with Gasteiger partial charge in [0.2, 0.25) is 0 Å². The van der Waals surface area contributed by atoms with Crippen molar-refractivity contribution in [1.82, 2.24) is 4.57 Å². The number of nitrogens with one attached hydrogen (secondary N) is 1. The number of nitrogens with zero attached hydrogens (tertiary/aromatic N) is 2. The van der Waals surface area contributed by atoms with E-state index in [1.807, 2.05) is 36.6 Å². The molecule has 0 aliphatic rings. The highest BCUT2D eigenvalue weighted by Crippen LogP contribution is 2.36. The molecule has 0 saturated carbocycles. The highest BCUT2D eigenvalue weighted by atomic mass is 32.2. The van der Waals surface area contributed by atoms with E-state index < -0.39 is 0 Å². The molecule has 0 aliphatic heterocycles. The van der Waals surface area contributed by atoms with Gasteiger partial charge in [-0.25, -0.2) is 0 Å². The van der Waals surface area contributed by atoms with Gasteiger partial charge < -0.3 is 14.0 Å². The predicted molar refractivity (Wildman–Crippen MR) is 106 cm³/mol. The van der Waals surface area contributed by atoms with Crippen LogP contribution >= 0.6 is 11.9 Å². The number of fused-ring (bicyclic) bond motifs is 1. The maximum atomic E-state index is 9.84. The van der Waals surface area contributed by atoms with Crippen molar-refractivity contribution in [3.8, 4) is 23.1 Å². The van der Waals surface area contributed by atoms with Gasteiger partial charge in [-0.2, -0.15) is 5.26 Å². The summed E-state index contributed by atoms with van der Waals surface area (Å²) in [5.74, 6) is 0.767. The molecule has 0 bridgehead atoms. The molecule has 0 radical (unpaired) electrons. The lowest BCUT2D eigenvalue weighted by molar-refractivity contribution is 0.415. The quantitative estimate of drug-likeness (QED) is 0.613. The predicted octanol–water partition coefficient (Wildman–Crippen LogP) is 5.29. The van der Waals surface area contributed by atoms with Gasteiger partial charge in [0.15, 0.2) is 0 Å². The maximum absolute atomic E-state index is 9.84. The van der Waals surface area contributed by atoms with Crippen molar-refractivity contribution in [2.75, 3.05) is 18.1 Å². The summed E-state index contributed by atoms with van der Waals surface area (Å²) in [6.07, 6.45) is 2.99. The smallest absolute Gasteiger partial charge is 0.119 e. The fourth-order valence-corrected chi connectivity index (χ4v) is 3.52. The van der Waals surface area contributed by atoms with Gasteiger partial charge in [-0.3, -0.25) is 0 Å². The molecule has 0 amide bonds. The zero-order valence-corrected chi connectivity index (χ0v) is 15.5. The third kappa shape index (κ3) is 3.18. The van der Waals surface area contributed by atoms with Gasteiger partial charge in [-0.05, 0) is 42.3 Å². The van der Waals surface area contributed by atoms with Crippen LogP contribution in [0.1, 0.15) is 18.9 Å². The second-order valence-electron chi connectivity index (χ2n) is 5.75. The van der Waals surface area contributed by atoms with E-state index in [-0.39, 0.29) is 0 Å². The molecule has 0 saturated heterocycles. The Kier molecular flexibility index (Phi) is 5.20. The van der Waals surface area contributed by atoms with Gasteiger partial charge in [0.05, 0.1) is 23.9 Å². The molecule has 3 rings (SSSR count). The van der Waals surface area contributed by atoms with E-state index >= 15 is 0 Å². The number of rotatable bonds is 6. The Labute approximate surface area is 152 Å². The molecule has 2 aromatic carbocycles. The number of aryl methyl sites for hydroxylation is 1. The van der Waals surface area contributed by atoms with Crippen molar-refractivity contribution in [2.45, 2.75) is 19.9 Å². The molecule has 0 atom stereocenters. The van der Waals surface area contributed by atoms with Crippen molar-refractivity contribution in [1.29, 1.82) is 5.26 Å². The van der Waals surface area contributed by atoms with E-state index in [2.05, 4.69) is 34.4 Å². The number of nitriles is 1. The van der Waals surface area contributed by atoms with Crippen LogP contribution in [-0.4, -0.2) is 17.9 Å². The number of anilines is 1. The molecule has 4 nitrogen and oxygen atoms in total. The Bertz CT molecular complexity index is 923. The Morgan fingerprint density at radius 1 is 1.20 bits per heavy atom. The first-order valence-electron chi connectivity index (χ1n) is 8.23. The van der Waals surface area contributed by atoms with E-state index in [4.69, 9.17) is 4.74 Å². The van der Waals surface area contributed by atoms with Crippen LogP contribution in [0.5, 0.6) is 5.75 Å². The van der Waals surface area contributed by atoms with E-state index in [0.717, 1.165) is 46.6 Å². The van der Waals surface area contributed by atoms with Crippen LogP contribution < -0.4 is 9.46 Å². The van der Waals surface area contributed by atoms with Gasteiger partial charge in [0, 0.05) is 23.9 Å². The largest absolute Gasteiger partial charge is 0.497 e. The van der Waals surface area contributed by atoms with Crippen LogP contribution in [0.25, 0.3) is 22.2 Å². The Morgan fingerprint density at radius 2 is 1.96 bits per heavy atom. The highest BCUT2D eigenvalue weighted by molar-refractivity contribution is 7.99. The SMILES string of the molecule is CCCn1c(-c2ccc(NSC)cc2)c(C#N)c2cc(OC)ccc21. The average Bonchev–Trinajstić information content (AvgIpc) is 2.95. The number of ether oxygens (including phenoxy) is 1. The molecule has 128 valence electrons. The van der Waals surface area contributed by atoms with Gasteiger partial charge >= 0.3 is 0 Å². The zero-order valence-electron chi connectivity index (χ0n) is 14.7.